The van der Waals surface area contributed by atoms with Gasteiger partial charge in [0.05, 0.1) is 18.5 Å². The third-order valence-corrected chi connectivity index (χ3v) is 4.91. The first kappa shape index (κ1) is 19.6. The molecule has 0 atom stereocenters. The lowest BCUT2D eigenvalue weighted by Crippen LogP contribution is -2.27. The summed E-state index contributed by atoms with van der Waals surface area (Å²) in [6.45, 7) is 2.72. The third-order valence-electron chi connectivity index (χ3n) is 4.91. The van der Waals surface area contributed by atoms with Crippen LogP contribution >= 0.6 is 0 Å². The highest BCUT2D eigenvalue weighted by molar-refractivity contribution is 5.94. The quantitative estimate of drug-likeness (QED) is 0.460. The standard InChI is InChI=1S/C24H24N4O2/c1-3-4-13-25-24(29)22-15-20(18-11-8-12-19(14-18)30-2)26-23-16-21(27-28(22)23)17-9-6-5-7-10-17/h5-12,14-16H,3-4,13H2,1-2H3,(H,25,29). The summed E-state index contributed by atoms with van der Waals surface area (Å²) < 4.78 is 6.96. The molecule has 0 fully saturated rings. The Balaban J connectivity index is 1.84. The Kier molecular flexibility index (Phi) is 5.75. The number of methoxy groups -OCH3 is 1. The Hall–Kier alpha value is -3.67. The van der Waals surface area contributed by atoms with E-state index in [-0.39, 0.29) is 5.91 Å². The van der Waals surface area contributed by atoms with Crippen LogP contribution < -0.4 is 10.1 Å². The molecule has 2 aromatic heterocycles. The van der Waals surface area contributed by atoms with E-state index >= 15 is 0 Å². The fourth-order valence-electron chi connectivity index (χ4n) is 3.29. The van der Waals surface area contributed by atoms with Crippen molar-refractivity contribution in [2.45, 2.75) is 19.8 Å². The van der Waals surface area contributed by atoms with Gasteiger partial charge in [0.15, 0.2) is 5.65 Å². The van der Waals surface area contributed by atoms with Gasteiger partial charge in [-0.1, -0.05) is 55.8 Å². The smallest absolute Gasteiger partial charge is 0.270 e. The van der Waals surface area contributed by atoms with Gasteiger partial charge in [-0.15, -0.1) is 0 Å². The van der Waals surface area contributed by atoms with Crippen molar-refractivity contribution in [3.63, 3.8) is 0 Å². The zero-order valence-corrected chi connectivity index (χ0v) is 17.1. The van der Waals surface area contributed by atoms with Gasteiger partial charge in [0.1, 0.15) is 11.4 Å². The summed E-state index contributed by atoms with van der Waals surface area (Å²) in [6.07, 6.45) is 1.94. The minimum Gasteiger partial charge on any atom is -0.497 e. The summed E-state index contributed by atoms with van der Waals surface area (Å²) in [6, 6.07) is 21.2. The number of ether oxygens (including phenoxy) is 1. The Labute approximate surface area is 175 Å². The van der Waals surface area contributed by atoms with Crippen LogP contribution in [0.3, 0.4) is 0 Å². The van der Waals surface area contributed by atoms with Crippen molar-refractivity contribution < 1.29 is 9.53 Å². The van der Waals surface area contributed by atoms with Crippen LogP contribution in [0.1, 0.15) is 30.3 Å². The van der Waals surface area contributed by atoms with Crippen molar-refractivity contribution in [1.82, 2.24) is 19.9 Å². The number of carbonyl (C=O) groups is 1. The number of amides is 1. The molecule has 4 aromatic rings. The molecule has 2 aromatic carbocycles. The van der Waals surface area contributed by atoms with Gasteiger partial charge in [0.25, 0.3) is 5.91 Å². The Bertz CT molecular complexity index is 1170. The van der Waals surface area contributed by atoms with Crippen LogP contribution in [0.5, 0.6) is 5.75 Å². The van der Waals surface area contributed by atoms with Crippen molar-refractivity contribution in [3.05, 3.63) is 72.4 Å². The predicted octanol–water partition coefficient (Wildman–Crippen LogP) is 4.60. The van der Waals surface area contributed by atoms with E-state index in [2.05, 4.69) is 17.3 Å². The SMILES string of the molecule is CCCCNC(=O)c1cc(-c2cccc(OC)c2)nc2cc(-c3ccccc3)nn12. The molecule has 0 aliphatic carbocycles. The number of nitrogens with zero attached hydrogens (tertiary/aromatic N) is 3. The van der Waals surface area contributed by atoms with Crippen LogP contribution in [0.2, 0.25) is 0 Å². The Morgan fingerprint density at radius 1 is 1.00 bits per heavy atom. The number of aromatic nitrogens is 3. The average Bonchev–Trinajstić information content (AvgIpc) is 3.23. The molecule has 0 spiro atoms. The number of hydrogen-bond acceptors (Lipinski definition) is 4. The number of hydrogen-bond donors (Lipinski definition) is 1. The fraction of sp³-hybridized carbons (Fsp3) is 0.208. The second kappa shape index (κ2) is 8.78. The van der Waals surface area contributed by atoms with Crippen molar-refractivity contribution in [1.29, 1.82) is 0 Å². The van der Waals surface area contributed by atoms with Crippen molar-refractivity contribution in [3.8, 4) is 28.3 Å². The molecule has 0 aliphatic heterocycles. The van der Waals surface area contributed by atoms with E-state index in [4.69, 9.17) is 9.72 Å². The summed E-state index contributed by atoms with van der Waals surface area (Å²) in [7, 11) is 1.63. The van der Waals surface area contributed by atoms with Crippen LogP contribution in [0, 0.1) is 0 Å². The highest BCUT2D eigenvalue weighted by atomic mass is 16.5. The van der Waals surface area contributed by atoms with Gasteiger partial charge in [-0.25, -0.2) is 9.50 Å². The second-order valence-electron chi connectivity index (χ2n) is 7.03. The molecule has 4 rings (SSSR count). The van der Waals surface area contributed by atoms with Gasteiger partial charge in [-0.2, -0.15) is 5.10 Å². The van der Waals surface area contributed by atoms with Crippen LogP contribution in [-0.4, -0.2) is 34.2 Å². The molecule has 0 bridgehead atoms. The van der Waals surface area contributed by atoms with Crippen LogP contribution in [-0.2, 0) is 0 Å². The fourth-order valence-corrected chi connectivity index (χ4v) is 3.29. The first-order valence-corrected chi connectivity index (χ1v) is 10.1. The molecule has 0 saturated carbocycles. The van der Waals surface area contributed by atoms with E-state index in [1.807, 2.05) is 60.7 Å². The number of nitrogens with one attached hydrogen (secondary N) is 1. The molecular formula is C24H24N4O2. The van der Waals surface area contributed by atoms with E-state index < -0.39 is 0 Å². The molecule has 1 amide bonds. The Morgan fingerprint density at radius 3 is 2.57 bits per heavy atom. The second-order valence-corrected chi connectivity index (χ2v) is 7.03. The first-order valence-electron chi connectivity index (χ1n) is 10.1. The van der Waals surface area contributed by atoms with Crippen LogP contribution in [0.4, 0.5) is 0 Å². The largest absolute Gasteiger partial charge is 0.497 e. The number of carbonyl (C=O) groups excluding carboxylic acids is 1. The van der Waals surface area contributed by atoms with Gasteiger partial charge in [-0.05, 0) is 24.6 Å². The zero-order chi connectivity index (χ0) is 20.9. The van der Waals surface area contributed by atoms with Crippen LogP contribution in [0.25, 0.3) is 28.2 Å². The molecule has 152 valence electrons. The van der Waals surface area contributed by atoms with Gasteiger partial charge in [0.2, 0.25) is 0 Å². The number of fused-ring (bicyclic) bond motifs is 1. The highest BCUT2D eigenvalue weighted by Crippen LogP contribution is 2.26. The van der Waals surface area contributed by atoms with Crippen molar-refractivity contribution in [2.75, 3.05) is 13.7 Å². The average molecular weight is 400 g/mol. The summed E-state index contributed by atoms with van der Waals surface area (Å²) in [4.78, 5) is 17.7. The van der Waals surface area contributed by atoms with E-state index in [9.17, 15) is 4.79 Å². The predicted molar refractivity (Wildman–Crippen MR) is 118 cm³/mol. The molecule has 2 heterocycles. The van der Waals surface area contributed by atoms with E-state index in [1.165, 1.54) is 0 Å². The number of rotatable bonds is 7. The molecule has 0 unspecified atom stereocenters. The minimum absolute atomic E-state index is 0.164. The molecule has 30 heavy (non-hydrogen) atoms. The summed E-state index contributed by atoms with van der Waals surface area (Å²) in [5.74, 6) is 0.573. The molecule has 6 heteroatoms. The summed E-state index contributed by atoms with van der Waals surface area (Å²) >= 11 is 0. The lowest BCUT2D eigenvalue weighted by Gasteiger charge is -2.09. The first-order chi connectivity index (χ1) is 14.7. The molecule has 0 aliphatic rings. The maximum Gasteiger partial charge on any atom is 0.270 e. The van der Waals surface area contributed by atoms with Gasteiger partial charge >= 0.3 is 0 Å². The lowest BCUT2D eigenvalue weighted by atomic mass is 10.1. The molecule has 0 saturated heterocycles. The van der Waals surface area contributed by atoms with Gasteiger partial charge < -0.3 is 10.1 Å². The minimum atomic E-state index is -0.164. The maximum absolute atomic E-state index is 13.0. The topological polar surface area (TPSA) is 68.5 Å². The molecular weight excluding hydrogens is 376 g/mol. The molecule has 1 N–H and O–H groups in total. The van der Waals surface area contributed by atoms with Crippen LogP contribution in [0.15, 0.2) is 66.7 Å². The third kappa shape index (κ3) is 4.03. The monoisotopic (exact) mass is 400 g/mol. The lowest BCUT2D eigenvalue weighted by molar-refractivity contribution is 0.0945. The van der Waals surface area contributed by atoms with E-state index in [0.29, 0.717) is 23.6 Å². The summed E-state index contributed by atoms with van der Waals surface area (Å²) in [5, 5.41) is 7.66. The van der Waals surface area contributed by atoms with Crippen molar-refractivity contribution in [2.24, 2.45) is 0 Å². The normalized spacial score (nSPS) is 10.9. The number of unbranched alkanes of at least 4 members (excludes halogenated alkanes) is 1. The van der Waals surface area contributed by atoms with Gasteiger partial charge in [0, 0.05) is 23.7 Å². The van der Waals surface area contributed by atoms with Gasteiger partial charge in [-0.3, -0.25) is 4.79 Å². The molecule has 0 radical (unpaired) electrons. The Morgan fingerprint density at radius 2 is 1.80 bits per heavy atom. The molecule has 6 nitrogen and oxygen atoms in total. The number of benzene rings is 2. The van der Waals surface area contributed by atoms with E-state index in [0.717, 1.165) is 35.4 Å². The highest BCUT2D eigenvalue weighted by Gasteiger charge is 2.17. The van der Waals surface area contributed by atoms with E-state index in [1.54, 1.807) is 17.7 Å². The van der Waals surface area contributed by atoms with Crippen molar-refractivity contribution >= 4 is 11.6 Å². The maximum atomic E-state index is 13.0. The zero-order valence-electron chi connectivity index (χ0n) is 17.1. The summed E-state index contributed by atoms with van der Waals surface area (Å²) in [5.41, 5.74) is 4.39.